The van der Waals surface area contributed by atoms with Gasteiger partial charge in [-0.15, -0.1) is 0 Å². The van der Waals surface area contributed by atoms with Crippen LogP contribution < -0.4 is 0 Å². The van der Waals surface area contributed by atoms with Gasteiger partial charge in [-0.1, -0.05) is 44.2 Å². The van der Waals surface area contributed by atoms with E-state index in [0.29, 0.717) is 0 Å². The second-order valence-corrected chi connectivity index (χ2v) is 4.17. The van der Waals surface area contributed by atoms with Crippen LogP contribution >= 0.6 is 0 Å². The van der Waals surface area contributed by atoms with Gasteiger partial charge in [0.2, 0.25) is 5.89 Å². The van der Waals surface area contributed by atoms with E-state index < -0.39 is 0 Å². The lowest BCUT2D eigenvalue weighted by Gasteiger charge is -2.19. The van der Waals surface area contributed by atoms with Crippen molar-refractivity contribution in [1.29, 1.82) is 0 Å². The molecule has 0 radical (unpaired) electrons. The lowest BCUT2D eigenvalue weighted by molar-refractivity contribution is 0.338. The summed E-state index contributed by atoms with van der Waals surface area (Å²) in [4.78, 5) is 4.35. The minimum absolute atomic E-state index is 0.774. The highest BCUT2D eigenvalue weighted by molar-refractivity contribution is 4.88. The molecule has 2 rings (SSSR count). The van der Waals surface area contributed by atoms with Gasteiger partial charge in [-0.2, -0.15) is 4.98 Å². The number of hydrogen-bond donors (Lipinski definition) is 0. The standard InChI is InChI=1S/C11H18N2O/c1-2-11-12-10(13-14-11)8-9-6-4-3-5-7-9/h9H,2-8H2,1H3. The van der Waals surface area contributed by atoms with E-state index in [1.165, 1.54) is 32.1 Å². The molecule has 0 atom stereocenters. The van der Waals surface area contributed by atoms with E-state index >= 15 is 0 Å². The molecule has 0 aromatic carbocycles. The molecular weight excluding hydrogens is 176 g/mol. The number of hydrogen-bond acceptors (Lipinski definition) is 3. The molecule has 1 aromatic rings. The van der Waals surface area contributed by atoms with Crippen LogP contribution in [0, 0.1) is 5.92 Å². The minimum Gasteiger partial charge on any atom is -0.339 e. The van der Waals surface area contributed by atoms with E-state index in [1.54, 1.807) is 0 Å². The molecule has 78 valence electrons. The summed E-state index contributed by atoms with van der Waals surface area (Å²) in [5, 5.41) is 4.00. The zero-order chi connectivity index (χ0) is 9.80. The summed E-state index contributed by atoms with van der Waals surface area (Å²) in [5.41, 5.74) is 0. The van der Waals surface area contributed by atoms with Crippen LogP contribution in [-0.4, -0.2) is 10.1 Å². The van der Waals surface area contributed by atoms with Crippen LogP contribution in [0.25, 0.3) is 0 Å². The van der Waals surface area contributed by atoms with Crippen LogP contribution in [0.3, 0.4) is 0 Å². The average molecular weight is 194 g/mol. The number of rotatable bonds is 3. The maximum atomic E-state index is 5.09. The highest BCUT2D eigenvalue weighted by Crippen LogP contribution is 2.25. The number of aromatic nitrogens is 2. The molecule has 0 bridgehead atoms. The molecule has 1 aliphatic carbocycles. The first-order valence-corrected chi connectivity index (χ1v) is 5.70. The van der Waals surface area contributed by atoms with Gasteiger partial charge in [0.05, 0.1) is 0 Å². The molecule has 1 aromatic heterocycles. The van der Waals surface area contributed by atoms with E-state index in [2.05, 4.69) is 10.1 Å². The normalized spacial score (nSPS) is 18.6. The maximum Gasteiger partial charge on any atom is 0.226 e. The van der Waals surface area contributed by atoms with E-state index in [4.69, 9.17) is 4.52 Å². The summed E-state index contributed by atoms with van der Waals surface area (Å²) >= 11 is 0. The molecule has 0 saturated heterocycles. The lowest BCUT2D eigenvalue weighted by Crippen LogP contribution is -2.10. The van der Waals surface area contributed by atoms with Crippen LogP contribution in [0.4, 0.5) is 0 Å². The van der Waals surface area contributed by atoms with Crippen molar-refractivity contribution in [2.24, 2.45) is 5.92 Å². The Kier molecular flexibility index (Phi) is 3.17. The van der Waals surface area contributed by atoms with Gasteiger partial charge in [0.25, 0.3) is 0 Å². The first kappa shape index (κ1) is 9.69. The van der Waals surface area contributed by atoms with Crippen LogP contribution in [0.15, 0.2) is 4.52 Å². The van der Waals surface area contributed by atoms with Crippen molar-refractivity contribution in [3.05, 3.63) is 11.7 Å². The number of nitrogens with zero attached hydrogens (tertiary/aromatic N) is 2. The summed E-state index contributed by atoms with van der Waals surface area (Å²) in [7, 11) is 0. The van der Waals surface area contributed by atoms with Gasteiger partial charge in [-0.3, -0.25) is 0 Å². The van der Waals surface area contributed by atoms with E-state index in [9.17, 15) is 0 Å². The quantitative estimate of drug-likeness (QED) is 0.742. The summed E-state index contributed by atoms with van der Waals surface area (Å²) in [5.74, 6) is 2.48. The summed E-state index contributed by atoms with van der Waals surface area (Å²) in [6.07, 6.45) is 8.71. The zero-order valence-electron chi connectivity index (χ0n) is 8.83. The van der Waals surface area contributed by atoms with Gasteiger partial charge in [0.1, 0.15) is 0 Å². The Morgan fingerprint density at radius 1 is 1.29 bits per heavy atom. The maximum absolute atomic E-state index is 5.09. The molecule has 1 heterocycles. The van der Waals surface area contributed by atoms with E-state index in [-0.39, 0.29) is 0 Å². The van der Waals surface area contributed by atoms with Crippen molar-refractivity contribution in [3.63, 3.8) is 0 Å². The average Bonchev–Trinajstić information content (AvgIpc) is 2.67. The zero-order valence-corrected chi connectivity index (χ0v) is 8.83. The van der Waals surface area contributed by atoms with Gasteiger partial charge in [0.15, 0.2) is 5.82 Å². The molecule has 0 spiro atoms. The second kappa shape index (κ2) is 4.58. The number of aryl methyl sites for hydroxylation is 1. The van der Waals surface area contributed by atoms with E-state index in [1.807, 2.05) is 6.92 Å². The monoisotopic (exact) mass is 194 g/mol. The Hall–Kier alpha value is -0.860. The van der Waals surface area contributed by atoms with Gasteiger partial charge in [-0.25, -0.2) is 0 Å². The molecule has 0 unspecified atom stereocenters. The van der Waals surface area contributed by atoms with Gasteiger partial charge >= 0.3 is 0 Å². The van der Waals surface area contributed by atoms with Crippen LogP contribution in [0.1, 0.15) is 50.7 Å². The largest absolute Gasteiger partial charge is 0.339 e. The Morgan fingerprint density at radius 2 is 2.07 bits per heavy atom. The Labute approximate surface area is 84.9 Å². The molecule has 3 nitrogen and oxygen atoms in total. The van der Waals surface area contributed by atoms with Gasteiger partial charge in [-0.05, 0) is 5.92 Å². The van der Waals surface area contributed by atoms with Crippen molar-refractivity contribution in [3.8, 4) is 0 Å². The first-order valence-electron chi connectivity index (χ1n) is 5.70. The van der Waals surface area contributed by atoms with Gasteiger partial charge in [0, 0.05) is 12.8 Å². The highest BCUT2D eigenvalue weighted by atomic mass is 16.5. The van der Waals surface area contributed by atoms with Crippen LogP contribution in [0.5, 0.6) is 0 Å². The van der Waals surface area contributed by atoms with Gasteiger partial charge < -0.3 is 4.52 Å². The fourth-order valence-corrected chi connectivity index (χ4v) is 2.17. The Bertz CT molecular complexity index is 277. The predicted molar refractivity (Wildman–Crippen MR) is 54.0 cm³/mol. The fourth-order valence-electron chi connectivity index (χ4n) is 2.17. The molecule has 1 saturated carbocycles. The molecule has 0 N–H and O–H groups in total. The molecule has 1 aliphatic rings. The third-order valence-electron chi connectivity index (χ3n) is 3.01. The predicted octanol–water partition coefficient (Wildman–Crippen LogP) is 2.75. The molecule has 0 amide bonds. The molecule has 14 heavy (non-hydrogen) atoms. The summed E-state index contributed by atoms with van der Waals surface area (Å²) in [6, 6.07) is 0. The molecule has 1 fully saturated rings. The summed E-state index contributed by atoms with van der Waals surface area (Å²) < 4.78 is 5.09. The van der Waals surface area contributed by atoms with Crippen molar-refractivity contribution in [2.45, 2.75) is 51.9 Å². The third kappa shape index (κ3) is 2.34. The summed E-state index contributed by atoms with van der Waals surface area (Å²) in [6.45, 7) is 2.04. The SMILES string of the molecule is CCc1nc(CC2CCCCC2)no1. The van der Waals surface area contributed by atoms with E-state index in [0.717, 1.165) is 30.5 Å². The highest BCUT2D eigenvalue weighted by Gasteiger charge is 2.16. The van der Waals surface area contributed by atoms with Crippen molar-refractivity contribution in [2.75, 3.05) is 0 Å². The molecule has 0 aliphatic heterocycles. The minimum atomic E-state index is 0.774. The first-order chi connectivity index (χ1) is 6.88. The topological polar surface area (TPSA) is 38.9 Å². The lowest BCUT2D eigenvalue weighted by atomic mass is 9.87. The molecule has 3 heteroatoms. The Morgan fingerprint density at radius 3 is 2.71 bits per heavy atom. The fraction of sp³-hybridized carbons (Fsp3) is 0.818. The van der Waals surface area contributed by atoms with Crippen molar-refractivity contribution in [1.82, 2.24) is 10.1 Å². The van der Waals surface area contributed by atoms with Crippen molar-refractivity contribution < 1.29 is 4.52 Å². The Balaban J connectivity index is 1.89. The third-order valence-corrected chi connectivity index (χ3v) is 3.01. The van der Waals surface area contributed by atoms with Crippen LogP contribution in [-0.2, 0) is 12.8 Å². The second-order valence-electron chi connectivity index (χ2n) is 4.17. The van der Waals surface area contributed by atoms with Crippen molar-refractivity contribution >= 4 is 0 Å². The smallest absolute Gasteiger partial charge is 0.226 e. The van der Waals surface area contributed by atoms with Crippen LogP contribution in [0.2, 0.25) is 0 Å². The molecular formula is C11H18N2O.